The van der Waals surface area contributed by atoms with Crippen LogP contribution in [0.25, 0.3) is 0 Å². The molecule has 44 valence electrons. The normalized spacial score (nSPS) is 12.0. The van der Waals surface area contributed by atoms with E-state index in [0.717, 1.165) is 0 Å². The summed E-state index contributed by atoms with van der Waals surface area (Å²) in [7, 11) is 0. The Kier molecular flexibility index (Phi) is 4.03. The van der Waals surface area contributed by atoms with Crippen LogP contribution in [0.5, 0.6) is 0 Å². The minimum Gasteiger partial charge on any atom is -0.292 e. The number of halogens is 2. The van der Waals surface area contributed by atoms with Crippen LogP contribution in [0.1, 0.15) is 6.92 Å². The molecule has 0 unspecified atom stereocenters. The Hall–Kier alpha value is 1.34. The second kappa shape index (κ2) is 3.38. The van der Waals surface area contributed by atoms with Crippen molar-refractivity contribution in [3.05, 3.63) is 0 Å². The van der Waals surface area contributed by atoms with Crippen molar-refractivity contribution in [2.75, 3.05) is 0 Å². The maximum Gasteiger partial charge on any atom is 0.189 e. The quantitative estimate of drug-likeness (QED) is 0.458. The van der Waals surface area contributed by atoms with Gasteiger partial charge in [-0.05, 0) is 52.1 Å². The van der Waals surface area contributed by atoms with Crippen molar-refractivity contribution < 1.29 is 10.0 Å². The van der Waals surface area contributed by atoms with E-state index in [1.54, 1.807) is 12.6 Å². The molecule has 0 aromatic rings. The minimum atomic E-state index is -0.371. The molecule has 7 heavy (non-hydrogen) atoms. The van der Waals surface area contributed by atoms with E-state index >= 15 is 0 Å². The molecular formula is C2H5I2NO2. The summed E-state index contributed by atoms with van der Waals surface area (Å²) in [6.45, 7) is 1.80. The zero-order valence-corrected chi connectivity index (χ0v) is 7.93. The van der Waals surface area contributed by atoms with Crippen LogP contribution in [-0.2, 0) is 4.84 Å². The van der Waals surface area contributed by atoms with Crippen molar-refractivity contribution in [1.29, 1.82) is 0 Å². The van der Waals surface area contributed by atoms with Gasteiger partial charge in [-0.2, -0.15) is 0 Å². The van der Waals surface area contributed by atoms with Gasteiger partial charge in [-0.25, -0.2) is 4.84 Å². The van der Waals surface area contributed by atoms with Gasteiger partial charge in [0.15, 0.2) is 1.61 Å². The number of nitrogens with one attached hydrogen (secondary N) is 1. The summed E-state index contributed by atoms with van der Waals surface area (Å²) in [6.07, 6.45) is 0. The molecule has 0 aliphatic heterocycles. The summed E-state index contributed by atoms with van der Waals surface area (Å²) in [5.41, 5.74) is 1.59. The highest BCUT2D eigenvalue weighted by Gasteiger charge is 2.13. The Morgan fingerprint density at radius 3 is 2.14 bits per heavy atom. The molecule has 0 saturated carbocycles. The molecule has 0 fully saturated rings. The average Bonchev–Trinajstić information content (AvgIpc) is 1.30. The Balaban J connectivity index is 3.15. The lowest BCUT2D eigenvalue weighted by Crippen LogP contribution is -2.20. The molecule has 5 heteroatoms. The second-order valence-corrected chi connectivity index (χ2v) is 7.18. The predicted molar refractivity (Wildman–Crippen MR) is 42.5 cm³/mol. The van der Waals surface area contributed by atoms with Gasteiger partial charge >= 0.3 is 0 Å². The van der Waals surface area contributed by atoms with Crippen LogP contribution < -0.4 is 5.64 Å². The molecule has 0 spiro atoms. The van der Waals surface area contributed by atoms with Crippen LogP contribution >= 0.6 is 45.2 Å². The Morgan fingerprint density at radius 1 is 1.71 bits per heavy atom. The summed E-state index contributed by atoms with van der Waals surface area (Å²) in [4.78, 5) is 4.51. The third-order valence-corrected chi connectivity index (χ3v) is 0.665. The van der Waals surface area contributed by atoms with E-state index in [1.165, 1.54) is 0 Å². The minimum absolute atomic E-state index is 0.371. The van der Waals surface area contributed by atoms with E-state index in [0.29, 0.717) is 0 Å². The van der Waals surface area contributed by atoms with Crippen LogP contribution in [0.2, 0.25) is 0 Å². The highest BCUT2D eigenvalue weighted by atomic mass is 127. The standard InChI is InChI=1S/C2H5I2NO2/c1-2(3,4)7-5-6/h5-6H,1H3. The van der Waals surface area contributed by atoms with E-state index in [1.807, 2.05) is 45.2 Å². The molecule has 0 atom stereocenters. The van der Waals surface area contributed by atoms with Crippen LogP contribution in [0.15, 0.2) is 0 Å². The van der Waals surface area contributed by atoms with Gasteiger partial charge in [-0.15, -0.1) is 0 Å². The van der Waals surface area contributed by atoms with Gasteiger partial charge in [-0.1, -0.05) is 5.64 Å². The summed E-state index contributed by atoms with van der Waals surface area (Å²) in [6, 6.07) is 0. The molecule has 0 bridgehead atoms. The number of hydrogen-bond donors (Lipinski definition) is 2. The molecule has 0 aromatic heterocycles. The molecular weight excluding hydrogens is 324 g/mol. The summed E-state index contributed by atoms with van der Waals surface area (Å²) in [5, 5.41) is 7.92. The van der Waals surface area contributed by atoms with Crippen LogP contribution in [0.4, 0.5) is 0 Å². The lowest BCUT2D eigenvalue weighted by atomic mass is 10.9. The van der Waals surface area contributed by atoms with Gasteiger partial charge in [0.25, 0.3) is 0 Å². The first-order chi connectivity index (χ1) is 3.06. The average molecular weight is 329 g/mol. The lowest BCUT2D eigenvalue weighted by molar-refractivity contribution is -0.133. The van der Waals surface area contributed by atoms with Crippen molar-refractivity contribution in [3.8, 4) is 0 Å². The zero-order chi connectivity index (χ0) is 5.91. The monoisotopic (exact) mass is 329 g/mol. The third-order valence-electron chi connectivity index (χ3n) is 0.225. The fourth-order valence-corrected chi connectivity index (χ4v) is 0.277. The fraction of sp³-hybridized carbons (Fsp3) is 1.00. The maximum atomic E-state index is 7.92. The summed E-state index contributed by atoms with van der Waals surface area (Å²) >= 11 is 4.04. The van der Waals surface area contributed by atoms with Crippen molar-refractivity contribution >= 4 is 45.2 Å². The number of hydrogen-bond acceptors (Lipinski definition) is 3. The van der Waals surface area contributed by atoms with Gasteiger partial charge in [0, 0.05) is 0 Å². The third kappa shape index (κ3) is 7.34. The van der Waals surface area contributed by atoms with Crippen LogP contribution in [0.3, 0.4) is 0 Å². The van der Waals surface area contributed by atoms with Gasteiger partial charge in [0.1, 0.15) is 0 Å². The molecule has 0 radical (unpaired) electrons. The van der Waals surface area contributed by atoms with E-state index in [9.17, 15) is 0 Å². The van der Waals surface area contributed by atoms with Gasteiger partial charge < -0.3 is 0 Å². The molecule has 3 nitrogen and oxygen atoms in total. The van der Waals surface area contributed by atoms with E-state index in [2.05, 4.69) is 4.84 Å². The lowest BCUT2D eigenvalue weighted by Gasteiger charge is -2.10. The van der Waals surface area contributed by atoms with Gasteiger partial charge in [0.2, 0.25) is 0 Å². The molecule has 0 aromatic carbocycles. The smallest absolute Gasteiger partial charge is 0.189 e. The van der Waals surface area contributed by atoms with Crippen LogP contribution in [-0.4, -0.2) is 6.82 Å². The number of alkyl halides is 2. The largest absolute Gasteiger partial charge is 0.292 e. The SMILES string of the molecule is CC(I)(I)ONO. The molecule has 0 heterocycles. The van der Waals surface area contributed by atoms with E-state index < -0.39 is 0 Å². The molecule has 0 aliphatic carbocycles. The first-order valence-electron chi connectivity index (χ1n) is 1.51. The second-order valence-electron chi connectivity index (χ2n) is 1.00. The van der Waals surface area contributed by atoms with E-state index in [-0.39, 0.29) is 1.61 Å². The molecule has 2 N–H and O–H groups in total. The van der Waals surface area contributed by atoms with Crippen LogP contribution in [0, 0.1) is 0 Å². The first kappa shape index (κ1) is 8.34. The van der Waals surface area contributed by atoms with Crippen molar-refractivity contribution in [2.45, 2.75) is 8.54 Å². The summed E-state index contributed by atoms with van der Waals surface area (Å²) in [5.74, 6) is 0. The maximum absolute atomic E-state index is 7.92. The predicted octanol–water partition coefficient (Wildman–Crippen LogP) is 1.44. The Bertz CT molecular complexity index is 52.1. The van der Waals surface area contributed by atoms with Gasteiger partial charge in [0.05, 0.1) is 0 Å². The van der Waals surface area contributed by atoms with E-state index in [4.69, 9.17) is 5.21 Å². The first-order valence-corrected chi connectivity index (χ1v) is 3.67. The zero-order valence-electron chi connectivity index (χ0n) is 3.61. The molecule has 0 amide bonds. The Labute approximate surface area is 69.0 Å². The highest BCUT2D eigenvalue weighted by molar-refractivity contribution is 14.2. The van der Waals surface area contributed by atoms with Crippen molar-refractivity contribution in [3.63, 3.8) is 0 Å². The Morgan fingerprint density at radius 2 is 2.14 bits per heavy atom. The summed E-state index contributed by atoms with van der Waals surface area (Å²) < 4.78 is -0.371. The highest BCUT2D eigenvalue weighted by Crippen LogP contribution is 2.25. The fourth-order valence-electron chi connectivity index (χ4n) is 0.0801. The number of rotatable bonds is 2. The van der Waals surface area contributed by atoms with Crippen molar-refractivity contribution in [1.82, 2.24) is 5.64 Å². The van der Waals surface area contributed by atoms with Gasteiger partial charge in [-0.3, -0.25) is 5.21 Å². The topological polar surface area (TPSA) is 41.5 Å². The molecule has 0 rings (SSSR count). The van der Waals surface area contributed by atoms with Crippen molar-refractivity contribution in [2.24, 2.45) is 0 Å². The molecule has 0 aliphatic rings. The molecule has 0 saturated heterocycles.